The molecule has 2 N–H and O–H groups in total. The second-order valence-corrected chi connectivity index (χ2v) is 10.8. The molecule has 4 rings (SSSR count). The zero-order valence-electron chi connectivity index (χ0n) is 16.7. The Morgan fingerprint density at radius 2 is 1.78 bits per heavy atom. The molecule has 1 amide bonds. The van der Waals surface area contributed by atoms with Crippen LogP contribution in [-0.2, 0) is 14.8 Å². The number of anilines is 1. The summed E-state index contributed by atoms with van der Waals surface area (Å²) < 4.78 is 23.9. The SMILES string of the molecule is N#Cc1ccc([C@H]2CC(=O)N(c3ccc(S(N)(=O)=O)cc3)C2)cc1Sc1ccccc1Br. The Hall–Kier alpha value is -2.64. The van der Waals surface area contributed by atoms with Crippen LogP contribution >= 0.6 is 27.7 Å². The van der Waals surface area contributed by atoms with Gasteiger partial charge in [-0.3, -0.25) is 4.79 Å². The Morgan fingerprint density at radius 1 is 1.06 bits per heavy atom. The molecule has 0 aromatic heterocycles. The summed E-state index contributed by atoms with van der Waals surface area (Å²) in [7, 11) is -3.79. The molecular formula is C23H18BrN3O3S2. The van der Waals surface area contributed by atoms with E-state index in [1.807, 2.05) is 36.4 Å². The van der Waals surface area contributed by atoms with Crippen molar-refractivity contribution < 1.29 is 13.2 Å². The van der Waals surface area contributed by atoms with Crippen LogP contribution in [0.2, 0.25) is 0 Å². The van der Waals surface area contributed by atoms with Gasteiger partial charge in [0.25, 0.3) is 0 Å². The van der Waals surface area contributed by atoms with Crippen molar-refractivity contribution >= 4 is 49.3 Å². The average molecular weight is 528 g/mol. The molecule has 1 saturated heterocycles. The molecule has 0 saturated carbocycles. The number of sulfonamides is 1. The molecule has 3 aromatic rings. The molecule has 3 aromatic carbocycles. The van der Waals surface area contributed by atoms with E-state index in [1.54, 1.807) is 23.1 Å². The monoisotopic (exact) mass is 527 g/mol. The second-order valence-electron chi connectivity index (χ2n) is 7.34. The van der Waals surface area contributed by atoms with Gasteiger partial charge in [0.2, 0.25) is 15.9 Å². The number of carbonyl (C=O) groups is 1. The number of nitriles is 1. The Morgan fingerprint density at radius 3 is 2.44 bits per heavy atom. The number of hydrogen-bond acceptors (Lipinski definition) is 5. The number of nitrogens with zero attached hydrogens (tertiary/aromatic N) is 2. The van der Waals surface area contributed by atoms with E-state index in [2.05, 4.69) is 22.0 Å². The first-order valence-corrected chi connectivity index (χ1v) is 12.8. The van der Waals surface area contributed by atoms with Gasteiger partial charge in [-0.15, -0.1) is 0 Å². The molecule has 162 valence electrons. The fourth-order valence-corrected chi connectivity index (χ4v) is 5.62. The van der Waals surface area contributed by atoms with E-state index in [1.165, 1.54) is 23.9 Å². The fourth-order valence-electron chi connectivity index (χ4n) is 3.61. The maximum Gasteiger partial charge on any atom is 0.238 e. The highest BCUT2D eigenvalue weighted by atomic mass is 79.9. The standard InChI is InChI=1S/C23H18BrN3O3S2/c24-20-3-1-2-4-21(20)31-22-11-15(5-6-16(22)13-25)17-12-23(28)27(14-17)18-7-9-19(10-8-18)32(26,29)30/h1-11,17H,12,14H2,(H2,26,29,30)/t17-/m0/s1. The van der Waals surface area contributed by atoms with Gasteiger partial charge in [-0.25, -0.2) is 13.6 Å². The number of halogens is 1. The maximum atomic E-state index is 12.7. The van der Waals surface area contributed by atoms with Crippen LogP contribution in [0.1, 0.15) is 23.5 Å². The molecule has 0 unspecified atom stereocenters. The lowest BCUT2D eigenvalue weighted by molar-refractivity contribution is -0.117. The minimum Gasteiger partial charge on any atom is -0.312 e. The largest absolute Gasteiger partial charge is 0.312 e. The number of hydrogen-bond donors (Lipinski definition) is 1. The number of benzene rings is 3. The van der Waals surface area contributed by atoms with Gasteiger partial charge >= 0.3 is 0 Å². The highest BCUT2D eigenvalue weighted by molar-refractivity contribution is 9.10. The zero-order chi connectivity index (χ0) is 22.9. The molecule has 0 radical (unpaired) electrons. The van der Waals surface area contributed by atoms with E-state index >= 15 is 0 Å². The maximum absolute atomic E-state index is 12.7. The van der Waals surface area contributed by atoms with Crippen LogP contribution < -0.4 is 10.0 Å². The lowest BCUT2D eigenvalue weighted by Crippen LogP contribution is -2.24. The Kier molecular flexibility index (Phi) is 6.40. The van der Waals surface area contributed by atoms with E-state index < -0.39 is 10.0 Å². The van der Waals surface area contributed by atoms with Crippen LogP contribution in [0.25, 0.3) is 0 Å². The zero-order valence-corrected chi connectivity index (χ0v) is 20.0. The quantitative estimate of drug-likeness (QED) is 0.520. The molecule has 1 aliphatic rings. The number of nitrogens with two attached hydrogens (primary N) is 1. The van der Waals surface area contributed by atoms with Crippen molar-refractivity contribution in [1.82, 2.24) is 0 Å². The van der Waals surface area contributed by atoms with Gasteiger partial charge in [0.1, 0.15) is 6.07 Å². The lowest BCUT2D eigenvalue weighted by atomic mass is 9.97. The molecule has 0 spiro atoms. The molecule has 0 aliphatic carbocycles. The van der Waals surface area contributed by atoms with Gasteiger partial charge in [0, 0.05) is 38.8 Å². The summed E-state index contributed by atoms with van der Waals surface area (Å²) in [5, 5.41) is 14.7. The van der Waals surface area contributed by atoms with Crippen LogP contribution in [0.15, 0.2) is 85.9 Å². The molecular weight excluding hydrogens is 510 g/mol. The normalized spacial score (nSPS) is 16.2. The topological polar surface area (TPSA) is 104 Å². The van der Waals surface area contributed by atoms with Crippen LogP contribution in [0.4, 0.5) is 5.69 Å². The van der Waals surface area contributed by atoms with Gasteiger partial charge < -0.3 is 4.90 Å². The third kappa shape index (κ3) is 4.74. The molecule has 1 fully saturated rings. The summed E-state index contributed by atoms with van der Waals surface area (Å²) in [6.45, 7) is 0.471. The van der Waals surface area contributed by atoms with Crippen LogP contribution in [0.3, 0.4) is 0 Å². The summed E-state index contributed by atoms with van der Waals surface area (Å²) in [6.07, 6.45) is 0.335. The highest BCUT2D eigenvalue weighted by Crippen LogP contribution is 2.38. The Balaban J connectivity index is 1.59. The molecule has 6 nitrogen and oxygen atoms in total. The van der Waals surface area contributed by atoms with E-state index in [4.69, 9.17) is 5.14 Å². The van der Waals surface area contributed by atoms with Gasteiger partial charge in [0.15, 0.2) is 0 Å². The predicted molar refractivity (Wildman–Crippen MR) is 127 cm³/mol. The van der Waals surface area contributed by atoms with Crippen molar-refractivity contribution in [3.05, 3.63) is 82.3 Å². The van der Waals surface area contributed by atoms with Crippen LogP contribution in [0.5, 0.6) is 0 Å². The summed E-state index contributed by atoms with van der Waals surface area (Å²) in [5.41, 5.74) is 2.19. The van der Waals surface area contributed by atoms with Gasteiger partial charge in [-0.1, -0.05) is 30.0 Å². The number of carbonyl (C=O) groups excluding carboxylic acids is 1. The lowest BCUT2D eigenvalue weighted by Gasteiger charge is -2.18. The third-order valence-electron chi connectivity index (χ3n) is 5.26. The van der Waals surface area contributed by atoms with Crippen LogP contribution in [0, 0.1) is 11.3 Å². The first kappa shape index (κ1) is 22.6. The van der Waals surface area contributed by atoms with Crippen molar-refractivity contribution in [2.45, 2.75) is 27.0 Å². The van der Waals surface area contributed by atoms with Crippen molar-refractivity contribution in [1.29, 1.82) is 5.26 Å². The number of rotatable bonds is 5. The second kappa shape index (κ2) is 9.08. The average Bonchev–Trinajstić information content (AvgIpc) is 3.16. The minimum absolute atomic E-state index is 0.00489. The van der Waals surface area contributed by atoms with E-state index in [0.29, 0.717) is 24.2 Å². The third-order valence-corrected chi connectivity index (χ3v) is 8.27. The van der Waals surface area contributed by atoms with E-state index in [9.17, 15) is 18.5 Å². The van der Waals surface area contributed by atoms with E-state index in [0.717, 1.165) is 19.8 Å². The van der Waals surface area contributed by atoms with Gasteiger partial charge in [0.05, 0.1) is 10.5 Å². The molecule has 1 heterocycles. The van der Waals surface area contributed by atoms with Crippen LogP contribution in [-0.4, -0.2) is 20.9 Å². The Bertz CT molecular complexity index is 1340. The minimum atomic E-state index is -3.79. The predicted octanol–water partition coefficient (Wildman–Crippen LogP) is 4.64. The van der Waals surface area contributed by atoms with Crippen molar-refractivity contribution in [3.63, 3.8) is 0 Å². The molecule has 9 heteroatoms. The van der Waals surface area contributed by atoms with E-state index in [-0.39, 0.29) is 16.7 Å². The van der Waals surface area contributed by atoms with Crippen molar-refractivity contribution in [2.75, 3.05) is 11.4 Å². The highest BCUT2D eigenvalue weighted by Gasteiger charge is 2.32. The number of primary sulfonamides is 1. The molecule has 1 aliphatic heterocycles. The Labute approximate surface area is 199 Å². The molecule has 0 bridgehead atoms. The van der Waals surface area contributed by atoms with Gasteiger partial charge in [-0.05, 0) is 70.0 Å². The first-order chi connectivity index (χ1) is 15.3. The summed E-state index contributed by atoms with van der Waals surface area (Å²) in [6, 6.07) is 21.7. The molecule has 32 heavy (non-hydrogen) atoms. The smallest absolute Gasteiger partial charge is 0.238 e. The van der Waals surface area contributed by atoms with Crippen molar-refractivity contribution in [3.8, 4) is 6.07 Å². The first-order valence-electron chi connectivity index (χ1n) is 9.66. The molecule has 1 atom stereocenters. The summed E-state index contributed by atoms with van der Waals surface area (Å²) in [5.74, 6) is -0.0746. The summed E-state index contributed by atoms with van der Waals surface area (Å²) >= 11 is 5.05. The fraction of sp³-hybridized carbons (Fsp3) is 0.130. The van der Waals surface area contributed by atoms with Crippen molar-refractivity contribution in [2.24, 2.45) is 5.14 Å². The summed E-state index contributed by atoms with van der Waals surface area (Å²) in [4.78, 5) is 16.2. The number of amides is 1. The van der Waals surface area contributed by atoms with Gasteiger partial charge in [-0.2, -0.15) is 5.26 Å².